The van der Waals surface area contributed by atoms with Gasteiger partial charge in [-0.2, -0.15) is 0 Å². The highest BCUT2D eigenvalue weighted by Crippen LogP contribution is 2.19. The molecule has 1 heterocycles. The predicted octanol–water partition coefficient (Wildman–Crippen LogP) is 2.70. The van der Waals surface area contributed by atoms with Crippen LogP contribution in [0.25, 0.3) is 0 Å². The number of halogens is 2. The van der Waals surface area contributed by atoms with Crippen LogP contribution in [0.4, 0.5) is 5.95 Å². The second-order valence-electron chi connectivity index (χ2n) is 1.79. The monoisotopic (exact) mass is 207 g/mol. The fourth-order valence-electron chi connectivity index (χ4n) is 0.479. The van der Waals surface area contributed by atoms with E-state index in [-0.39, 0.29) is 5.95 Å². The summed E-state index contributed by atoms with van der Waals surface area (Å²) in [7, 11) is 0. The van der Waals surface area contributed by atoms with Crippen molar-refractivity contribution < 1.29 is 0 Å². The Morgan fingerprint density at radius 1 is 1.08 bits per heavy atom. The molecule has 1 aromatic heterocycles. The zero-order valence-corrected chi connectivity index (χ0v) is 8.74. The van der Waals surface area contributed by atoms with E-state index in [9.17, 15) is 0 Å². The molecule has 0 atom stereocenters. The molecular formula is C7H11Cl2N3. The van der Waals surface area contributed by atoms with Crippen LogP contribution < -0.4 is 5.73 Å². The lowest BCUT2D eigenvalue weighted by Gasteiger charge is -1.98. The third-order valence-electron chi connectivity index (χ3n) is 1.04. The van der Waals surface area contributed by atoms with Gasteiger partial charge in [-0.05, 0) is 6.92 Å². The molecule has 2 N–H and O–H groups in total. The summed E-state index contributed by atoms with van der Waals surface area (Å²) in [5.74, 6) is 0.0978. The molecule has 0 amide bonds. The minimum Gasteiger partial charge on any atom is -0.368 e. The van der Waals surface area contributed by atoms with Gasteiger partial charge in [0.15, 0.2) is 0 Å². The Hall–Kier alpha value is -0.540. The van der Waals surface area contributed by atoms with Gasteiger partial charge in [0, 0.05) is 5.56 Å². The van der Waals surface area contributed by atoms with Gasteiger partial charge in [0.1, 0.15) is 10.3 Å². The van der Waals surface area contributed by atoms with Crippen molar-refractivity contribution >= 4 is 29.2 Å². The minimum absolute atomic E-state index is 0.0978. The largest absolute Gasteiger partial charge is 0.368 e. The first-order valence-corrected chi connectivity index (χ1v) is 4.32. The number of nitrogen functional groups attached to an aromatic ring is 1. The number of aromatic nitrogens is 2. The smallest absolute Gasteiger partial charge is 0.222 e. The van der Waals surface area contributed by atoms with Crippen molar-refractivity contribution in [2.75, 3.05) is 5.73 Å². The Kier molecular flexibility index (Phi) is 4.93. The van der Waals surface area contributed by atoms with Crippen LogP contribution in [0, 0.1) is 6.92 Å². The fourth-order valence-corrected chi connectivity index (χ4v) is 0.880. The van der Waals surface area contributed by atoms with Gasteiger partial charge in [-0.3, -0.25) is 0 Å². The Morgan fingerprint density at radius 2 is 1.42 bits per heavy atom. The first-order valence-electron chi connectivity index (χ1n) is 3.56. The number of hydrogen-bond donors (Lipinski definition) is 1. The predicted molar refractivity (Wildman–Crippen MR) is 52.5 cm³/mol. The molecule has 1 aromatic rings. The lowest BCUT2D eigenvalue weighted by Crippen LogP contribution is -1.96. The molecular weight excluding hydrogens is 197 g/mol. The van der Waals surface area contributed by atoms with Crippen molar-refractivity contribution in [3.63, 3.8) is 0 Å². The van der Waals surface area contributed by atoms with E-state index in [0.717, 1.165) is 0 Å². The van der Waals surface area contributed by atoms with Gasteiger partial charge in [-0.15, -0.1) is 0 Å². The fraction of sp³-hybridized carbons (Fsp3) is 0.429. The first kappa shape index (κ1) is 11.5. The van der Waals surface area contributed by atoms with Crippen LogP contribution in [0.5, 0.6) is 0 Å². The Labute approximate surface area is 81.9 Å². The van der Waals surface area contributed by atoms with E-state index in [4.69, 9.17) is 28.9 Å². The second kappa shape index (κ2) is 5.17. The molecule has 0 aliphatic heterocycles. The van der Waals surface area contributed by atoms with Crippen LogP contribution in [0.15, 0.2) is 0 Å². The lowest BCUT2D eigenvalue weighted by atomic mass is 10.4. The summed E-state index contributed by atoms with van der Waals surface area (Å²) in [6.45, 7) is 5.73. The van der Waals surface area contributed by atoms with Crippen molar-refractivity contribution in [2.45, 2.75) is 20.8 Å². The van der Waals surface area contributed by atoms with Crippen LogP contribution in [-0.2, 0) is 0 Å². The molecule has 0 spiro atoms. The standard InChI is InChI=1S/C5H5Cl2N3.C2H6/c1-2-3(6)9-5(8)10-4(2)7;1-2/h1H3,(H2,8,9,10);1-2H3. The van der Waals surface area contributed by atoms with Crippen LogP contribution in [-0.4, -0.2) is 9.97 Å². The maximum absolute atomic E-state index is 5.60. The average molecular weight is 208 g/mol. The number of rotatable bonds is 0. The van der Waals surface area contributed by atoms with Crippen LogP contribution in [0.1, 0.15) is 19.4 Å². The summed E-state index contributed by atoms with van der Waals surface area (Å²) in [4.78, 5) is 7.36. The number of hydrogen-bond acceptors (Lipinski definition) is 3. The van der Waals surface area contributed by atoms with Gasteiger partial charge in [-0.1, -0.05) is 37.0 Å². The van der Waals surface area contributed by atoms with Gasteiger partial charge in [0.25, 0.3) is 0 Å². The van der Waals surface area contributed by atoms with Crippen LogP contribution in [0.2, 0.25) is 10.3 Å². The van der Waals surface area contributed by atoms with E-state index in [0.29, 0.717) is 15.9 Å². The number of nitrogens with zero attached hydrogens (tertiary/aromatic N) is 2. The second-order valence-corrected chi connectivity index (χ2v) is 2.50. The quantitative estimate of drug-likeness (QED) is 0.667. The van der Waals surface area contributed by atoms with Gasteiger partial charge >= 0.3 is 0 Å². The molecule has 0 saturated heterocycles. The zero-order chi connectivity index (χ0) is 9.72. The molecule has 3 nitrogen and oxygen atoms in total. The Balaban J connectivity index is 0.000000561. The maximum atomic E-state index is 5.60. The van der Waals surface area contributed by atoms with Crippen LogP contribution >= 0.6 is 23.2 Å². The van der Waals surface area contributed by atoms with E-state index in [1.807, 2.05) is 13.8 Å². The summed E-state index contributed by atoms with van der Waals surface area (Å²) in [6, 6.07) is 0. The van der Waals surface area contributed by atoms with Crippen molar-refractivity contribution in [3.8, 4) is 0 Å². The van der Waals surface area contributed by atoms with Crippen molar-refractivity contribution in [1.29, 1.82) is 0 Å². The molecule has 0 radical (unpaired) electrons. The molecule has 0 aliphatic rings. The van der Waals surface area contributed by atoms with E-state index in [1.54, 1.807) is 6.92 Å². The zero-order valence-electron chi connectivity index (χ0n) is 7.23. The molecule has 0 saturated carbocycles. The van der Waals surface area contributed by atoms with Gasteiger partial charge < -0.3 is 5.73 Å². The number of nitrogens with two attached hydrogens (primary N) is 1. The van der Waals surface area contributed by atoms with Gasteiger partial charge in [0.2, 0.25) is 5.95 Å². The van der Waals surface area contributed by atoms with E-state index in [1.165, 1.54) is 0 Å². The molecule has 0 aliphatic carbocycles. The SMILES string of the molecule is CC.Cc1c(Cl)nc(N)nc1Cl. The normalized spacial score (nSPS) is 8.75. The van der Waals surface area contributed by atoms with Crippen molar-refractivity contribution in [1.82, 2.24) is 9.97 Å². The summed E-state index contributed by atoms with van der Waals surface area (Å²) in [5.41, 5.74) is 5.89. The van der Waals surface area contributed by atoms with E-state index < -0.39 is 0 Å². The van der Waals surface area contributed by atoms with E-state index in [2.05, 4.69) is 9.97 Å². The van der Waals surface area contributed by atoms with Gasteiger partial charge in [-0.25, -0.2) is 9.97 Å². The van der Waals surface area contributed by atoms with Gasteiger partial charge in [0.05, 0.1) is 0 Å². The molecule has 0 aromatic carbocycles. The summed E-state index contributed by atoms with van der Waals surface area (Å²) in [6.07, 6.45) is 0. The van der Waals surface area contributed by atoms with Crippen molar-refractivity contribution in [3.05, 3.63) is 15.9 Å². The Bertz CT molecular complexity index is 240. The molecule has 1 rings (SSSR count). The topological polar surface area (TPSA) is 51.8 Å². The van der Waals surface area contributed by atoms with E-state index >= 15 is 0 Å². The molecule has 68 valence electrons. The lowest BCUT2D eigenvalue weighted by molar-refractivity contribution is 1.15. The third kappa shape index (κ3) is 2.83. The highest BCUT2D eigenvalue weighted by molar-refractivity contribution is 6.34. The summed E-state index contributed by atoms with van der Waals surface area (Å²) < 4.78 is 0. The highest BCUT2D eigenvalue weighted by atomic mass is 35.5. The summed E-state index contributed by atoms with van der Waals surface area (Å²) in [5, 5.41) is 0.606. The maximum Gasteiger partial charge on any atom is 0.222 e. The first-order chi connectivity index (χ1) is 5.61. The third-order valence-corrected chi connectivity index (χ3v) is 1.78. The molecule has 0 fully saturated rings. The summed E-state index contributed by atoms with van der Waals surface area (Å²) >= 11 is 11.2. The van der Waals surface area contributed by atoms with Crippen LogP contribution in [0.3, 0.4) is 0 Å². The molecule has 12 heavy (non-hydrogen) atoms. The molecule has 5 heteroatoms. The number of anilines is 1. The molecule has 0 bridgehead atoms. The Morgan fingerprint density at radius 3 is 1.75 bits per heavy atom. The molecule has 0 unspecified atom stereocenters. The van der Waals surface area contributed by atoms with Crippen molar-refractivity contribution in [2.24, 2.45) is 0 Å². The highest BCUT2D eigenvalue weighted by Gasteiger charge is 2.03. The average Bonchev–Trinajstić information content (AvgIpc) is 2.04. The minimum atomic E-state index is 0.0978.